The van der Waals surface area contributed by atoms with Crippen molar-refractivity contribution >= 4 is 24.0 Å². The highest BCUT2D eigenvalue weighted by molar-refractivity contribution is 5.96. The van der Waals surface area contributed by atoms with E-state index < -0.39 is 6.04 Å². The molecule has 24 heavy (non-hydrogen) atoms. The Labute approximate surface area is 147 Å². The van der Waals surface area contributed by atoms with Gasteiger partial charge in [0.25, 0.3) is 0 Å². The van der Waals surface area contributed by atoms with Gasteiger partial charge in [0.05, 0.1) is 12.6 Å². The first kappa shape index (κ1) is 18.1. The van der Waals surface area contributed by atoms with Gasteiger partial charge in [-0.1, -0.05) is 31.2 Å². The number of para-hydroxylation sites is 1. The largest absolute Gasteiger partial charge is 0.454 e. The Morgan fingerprint density at radius 1 is 1.17 bits per heavy atom. The lowest BCUT2D eigenvalue weighted by Gasteiger charge is -2.25. The van der Waals surface area contributed by atoms with Gasteiger partial charge in [0, 0.05) is 5.69 Å². The number of fused-ring (bicyclic) bond motifs is 1. The summed E-state index contributed by atoms with van der Waals surface area (Å²) in [5, 5.41) is 0. The SMILES string of the molecule is CC[C@H](N)C(=O)N(Cc1ccc2c(c1)OCO2)c1ccccc1.Cl. The summed E-state index contributed by atoms with van der Waals surface area (Å²) in [6.45, 7) is 2.58. The lowest BCUT2D eigenvalue weighted by Crippen LogP contribution is -2.43. The van der Waals surface area contributed by atoms with Gasteiger partial charge in [-0.25, -0.2) is 0 Å². The summed E-state index contributed by atoms with van der Waals surface area (Å²) < 4.78 is 10.7. The first-order valence-electron chi connectivity index (χ1n) is 7.69. The number of hydrogen-bond acceptors (Lipinski definition) is 4. The summed E-state index contributed by atoms with van der Waals surface area (Å²) >= 11 is 0. The van der Waals surface area contributed by atoms with Gasteiger partial charge in [-0.2, -0.15) is 0 Å². The minimum atomic E-state index is -0.510. The second-order valence-electron chi connectivity index (χ2n) is 5.46. The minimum absolute atomic E-state index is 0. The number of halogens is 1. The normalized spacial score (nSPS) is 13.1. The fraction of sp³-hybridized carbons (Fsp3) is 0.278. The van der Waals surface area contributed by atoms with Crippen molar-refractivity contribution in [2.45, 2.75) is 25.9 Å². The van der Waals surface area contributed by atoms with Crippen molar-refractivity contribution in [3.05, 3.63) is 54.1 Å². The van der Waals surface area contributed by atoms with Gasteiger partial charge < -0.3 is 20.1 Å². The van der Waals surface area contributed by atoms with Crippen LogP contribution in [0, 0.1) is 0 Å². The quantitative estimate of drug-likeness (QED) is 0.901. The molecule has 0 unspecified atom stereocenters. The van der Waals surface area contributed by atoms with Gasteiger partial charge in [0.2, 0.25) is 12.7 Å². The molecule has 0 fully saturated rings. The van der Waals surface area contributed by atoms with E-state index in [1.807, 2.05) is 55.5 Å². The van der Waals surface area contributed by atoms with Crippen LogP contribution in [-0.4, -0.2) is 18.7 Å². The molecule has 2 aromatic carbocycles. The summed E-state index contributed by atoms with van der Waals surface area (Å²) in [4.78, 5) is 14.4. The molecule has 0 aliphatic carbocycles. The molecular weight excluding hydrogens is 328 g/mol. The maximum Gasteiger partial charge on any atom is 0.244 e. The van der Waals surface area contributed by atoms with Gasteiger partial charge in [-0.3, -0.25) is 4.79 Å². The van der Waals surface area contributed by atoms with E-state index in [9.17, 15) is 4.79 Å². The van der Waals surface area contributed by atoms with Crippen LogP contribution in [0.2, 0.25) is 0 Å². The van der Waals surface area contributed by atoms with Crippen molar-refractivity contribution < 1.29 is 14.3 Å². The number of rotatable bonds is 5. The first-order chi connectivity index (χ1) is 11.2. The lowest BCUT2D eigenvalue weighted by atomic mass is 10.1. The summed E-state index contributed by atoms with van der Waals surface area (Å²) in [5.74, 6) is 1.36. The van der Waals surface area contributed by atoms with Gasteiger partial charge >= 0.3 is 0 Å². The number of carbonyl (C=O) groups is 1. The molecular formula is C18H21ClN2O3. The highest BCUT2D eigenvalue weighted by Crippen LogP contribution is 2.33. The number of nitrogens with two attached hydrogens (primary N) is 1. The molecule has 1 amide bonds. The van der Waals surface area contributed by atoms with E-state index in [-0.39, 0.29) is 25.1 Å². The second kappa shape index (κ2) is 8.04. The van der Waals surface area contributed by atoms with Gasteiger partial charge in [0.15, 0.2) is 11.5 Å². The molecule has 1 atom stereocenters. The highest BCUT2D eigenvalue weighted by Gasteiger charge is 2.22. The molecule has 0 aromatic heterocycles. The number of benzene rings is 2. The Morgan fingerprint density at radius 3 is 2.58 bits per heavy atom. The molecule has 2 aromatic rings. The zero-order valence-electron chi connectivity index (χ0n) is 13.5. The van der Waals surface area contributed by atoms with Gasteiger partial charge in [-0.15, -0.1) is 12.4 Å². The predicted octanol–water partition coefficient (Wildman–Crippen LogP) is 3.11. The summed E-state index contributed by atoms with van der Waals surface area (Å²) in [7, 11) is 0. The van der Waals surface area contributed by atoms with Gasteiger partial charge in [-0.05, 0) is 36.2 Å². The van der Waals surface area contributed by atoms with Crippen LogP contribution < -0.4 is 20.1 Å². The fourth-order valence-corrected chi connectivity index (χ4v) is 2.50. The summed E-state index contributed by atoms with van der Waals surface area (Å²) in [6, 6.07) is 14.8. The van der Waals surface area contributed by atoms with Crippen LogP contribution in [0.1, 0.15) is 18.9 Å². The van der Waals surface area contributed by atoms with E-state index in [4.69, 9.17) is 15.2 Å². The number of nitrogens with zero attached hydrogens (tertiary/aromatic N) is 1. The fourth-order valence-electron chi connectivity index (χ4n) is 2.50. The van der Waals surface area contributed by atoms with E-state index in [2.05, 4.69) is 0 Å². The molecule has 0 saturated carbocycles. The molecule has 0 radical (unpaired) electrons. The molecule has 0 saturated heterocycles. The standard InChI is InChI=1S/C18H20N2O3.ClH/c1-2-15(19)18(21)20(14-6-4-3-5-7-14)11-13-8-9-16-17(10-13)23-12-22-16;/h3-10,15H,2,11-12,19H2,1H3;1H/t15-;/m0./s1. The maximum absolute atomic E-state index is 12.7. The molecule has 1 aliphatic rings. The van der Waals surface area contributed by atoms with E-state index in [0.29, 0.717) is 18.7 Å². The Kier molecular flexibility index (Phi) is 6.06. The number of anilines is 1. The zero-order valence-corrected chi connectivity index (χ0v) is 14.3. The molecule has 0 spiro atoms. The molecule has 5 nitrogen and oxygen atoms in total. The minimum Gasteiger partial charge on any atom is -0.454 e. The highest BCUT2D eigenvalue weighted by atomic mass is 35.5. The van der Waals surface area contributed by atoms with Crippen molar-refractivity contribution in [1.82, 2.24) is 0 Å². The van der Waals surface area contributed by atoms with Crippen molar-refractivity contribution in [2.75, 3.05) is 11.7 Å². The van der Waals surface area contributed by atoms with Crippen molar-refractivity contribution in [2.24, 2.45) is 5.73 Å². The molecule has 1 aliphatic heterocycles. The summed E-state index contributed by atoms with van der Waals surface area (Å²) in [5.41, 5.74) is 7.76. The third-order valence-electron chi connectivity index (χ3n) is 3.87. The van der Waals surface area contributed by atoms with Crippen LogP contribution in [0.4, 0.5) is 5.69 Å². The van der Waals surface area contributed by atoms with Crippen LogP contribution >= 0.6 is 12.4 Å². The molecule has 6 heteroatoms. The Morgan fingerprint density at radius 2 is 1.88 bits per heavy atom. The average Bonchev–Trinajstić information content (AvgIpc) is 3.07. The number of carbonyl (C=O) groups excluding carboxylic acids is 1. The maximum atomic E-state index is 12.7. The van der Waals surface area contributed by atoms with Gasteiger partial charge in [0.1, 0.15) is 0 Å². The van der Waals surface area contributed by atoms with Crippen molar-refractivity contribution in [3.8, 4) is 11.5 Å². The van der Waals surface area contributed by atoms with E-state index >= 15 is 0 Å². The van der Waals surface area contributed by atoms with E-state index in [0.717, 1.165) is 17.0 Å². The second-order valence-corrected chi connectivity index (χ2v) is 5.46. The van der Waals surface area contributed by atoms with E-state index in [1.54, 1.807) is 4.90 Å². The number of hydrogen-bond donors (Lipinski definition) is 1. The average molecular weight is 349 g/mol. The molecule has 0 bridgehead atoms. The monoisotopic (exact) mass is 348 g/mol. The Hall–Kier alpha value is -2.24. The van der Waals surface area contributed by atoms with Crippen LogP contribution in [-0.2, 0) is 11.3 Å². The van der Waals surface area contributed by atoms with Crippen molar-refractivity contribution in [3.63, 3.8) is 0 Å². The van der Waals surface area contributed by atoms with Crippen LogP contribution in [0.25, 0.3) is 0 Å². The number of amides is 1. The summed E-state index contributed by atoms with van der Waals surface area (Å²) in [6.07, 6.45) is 0.601. The molecule has 1 heterocycles. The predicted molar refractivity (Wildman–Crippen MR) is 95.7 cm³/mol. The van der Waals surface area contributed by atoms with Crippen molar-refractivity contribution in [1.29, 1.82) is 0 Å². The lowest BCUT2D eigenvalue weighted by molar-refractivity contribution is -0.120. The molecule has 3 rings (SSSR count). The Bertz CT molecular complexity index is 694. The Balaban J connectivity index is 0.00000208. The number of ether oxygens (including phenoxy) is 2. The van der Waals surface area contributed by atoms with Crippen LogP contribution in [0.5, 0.6) is 11.5 Å². The molecule has 128 valence electrons. The van der Waals surface area contributed by atoms with Crippen LogP contribution in [0.3, 0.4) is 0 Å². The topological polar surface area (TPSA) is 64.8 Å². The van der Waals surface area contributed by atoms with E-state index in [1.165, 1.54) is 0 Å². The zero-order chi connectivity index (χ0) is 16.2. The first-order valence-corrected chi connectivity index (χ1v) is 7.69. The third-order valence-corrected chi connectivity index (χ3v) is 3.87. The molecule has 2 N–H and O–H groups in total. The smallest absolute Gasteiger partial charge is 0.244 e. The third kappa shape index (κ3) is 3.80. The van der Waals surface area contributed by atoms with Crippen LogP contribution in [0.15, 0.2) is 48.5 Å².